The summed E-state index contributed by atoms with van der Waals surface area (Å²) in [5, 5.41) is 0.193. The molecule has 0 radical (unpaired) electrons. The van der Waals surface area contributed by atoms with E-state index in [-0.39, 0.29) is 5.04 Å². The van der Waals surface area contributed by atoms with Crippen molar-refractivity contribution in [2.45, 2.75) is 45.3 Å². The maximum atomic E-state index is 6.36. The Kier molecular flexibility index (Phi) is 4.88. The zero-order valence-corrected chi connectivity index (χ0v) is 19.0. The van der Waals surface area contributed by atoms with Crippen molar-refractivity contribution in [2.75, 3.05) is 0 Å². The van der Waals surface area contributed by atoms with Crippen molar-refractivity contribution in [1.29, 1.82) is 0 Å². The van der Waals surface area contributed by atoms with Crippen LogP contribution in [0, 0.1) is 11.8 Å². The summed E-state index contributed by atoms with van der Waals surface area (Å²) < 4.78 is 6.36. The summed E-state index contributed by atoms with van der Waals surface area (Å²) in [6, 6.07) is 23.4. The van der Waals surface area contributed by atoms with Gasteiger partial charge in [-0.15, -0.1) is 0 Å². The van der Waals surface area contributed by atoms with Gasteiger partial charge in [0.15, 0.2) is 0 Å². The monoisotopic (exact) mass is 396 g/mol. The van der Waals surface area contributed by atoms with Crippen molar-refractivity contribution >= 4 is 8.32 Å². The molecular formula is C27H28OSi. The molecule has 0 saturated carbocycles. The Hall–Kier alpha value is -2.76. The third-order valence-corrected chi connectivity index (χ3v) is 10.5. The third kappa shape index (κ3) is 4.02. The molecule has 1 aliphatic rings. The predicted octanol–water partition coefficient (Wildman–Crippen LogP) is 7.04. The molecule has 1 nitrogen and oxygen atoms in total. The van der Waals surface area contributed by atoms with Crippen LogP contribution < -0.4 is 4.43 Å². The number of fused-ring (bicyclic) bond motifs is 3. The van der Waals surface area contributed by atoms with Gasteiger partial charge in [0.05, 0.1) is 0 Å². The summed E-state index contributed by atoms with van der Waals surface area (Å²) in [5.74, 6) is 7.57. The van der Waals surface area contributed by atoms with Crippen LogP contribution in [-0.4, -0.2) is 8.32 Å². The van der Waals surface area contributed by atoms with Crippen LogP contribution in [0.25, 0.3) is 11.1 Å². The number of hydrogen-bond acceptors (Lipinski definition) is 1. The molecule has 0 bridgehead atoms. The van der Waals surface area contributed by atoms with E-state index in [1.54, 1.807) is 0 Å². The molecule has 0 amide bonds. The first-order valence-corrected chi connectivity index (χ1v) is 13.2. The van der Waals surface area contributed by atoms with Gasteiger partial charge < -0.3 is 4.43 Å². The Labute approximate surface area is 175 Å². The molecule has 0 unspecified atom stereocenters. The molecular weight excluding hydrogens is 368 g/mol. The Balaban J connectivity index is 1.50. The van der Waals surface area contributed by atoms with E-state index in [1.165, 1.54) is 22.3 Å². The van der Waals surface area contributed by atoms with Gasteiger partial charge in [0, 0.05) is 11.1 Å². The van der Waals surface area contributed by atoms with E-state index in [0.717, 1.165) is 23.3 Å². The van der Waals surface area contributed by atoms with Gasteiger partial charge >= 0.3 is 0 Å². The van der Waals surface area contributed by atoms with E-state index in [4.69, 9.17) is 4.43 Å². The maximum Gasteiger partial charge on any atom is 0.250 e. The van der Waals surface area contributed by atoms with E-state index in [9.17, 15) is 0 Å². The summed E-state index contributed by atoms with van der Waals surface area (Å²) in [6.45, 7) is 11.3. The molecule has 0 atom stereocenters. The highest BCUT2D eigenvalue weighted by molar-refractivity contribution is 6.74. The molecule has 1 aliphatic carbocycles. The summed E-state index contributed by atoms with van der Waals surface area (Å²) in [7, 11) is -1.81. The molecule has 0 heterocycles. The Morgan fingerprint density at radius 3 is 2.10 bits per heavy atom. The van der Waals surface area contributed by atoms with Gasteiger partial charge in [-0.1, -0.05) is 62.9 Å². The highest BCUT2D eigenvalue weighted by Gasteiger charge is 2.38. The van der Waals surface area contributed by atoms with Crippen LogP contribution in [0.15, 0.2) is 66.7 Å². The lowest BCUT2D eigenvalue weighted by Gasteiger charge is -2.36. The third-order valence-electron chi connectivity index (χ3n) is 6.18. The van der Waals surface area contributed by atoms with Crippen molar-refractivity contribution in [3.05, 3.63) is 89.0 Å². The van der Waals surface area contributed by atoms with Gasteiger partial charge in [0.2, 0.25) is 8.32 Å². The lowest BCUT2D eigenvalue weighted by atomic mass is 10.0. The lowest BCUT2D eigenvalue weighted by Crippen LogP contribution is -2.43. The lowest BCUT2D eigenvalue weighted by molar-refractivity contribution is 0.492. The van der Waals surface area contributed by atoms with Crippen molar-refractivity contribution in [3.63, 3.8) is 0 Å². The van der Waals surface area contributed by atoms with E-state index in [1.807, 2.05) is 12.1 Å². The summed E-state index contributed by atoms with van der Waals surface area (Å²) in [6.07, 6.45) is 1.00. The smallest absolute Gasteiger partial charge is 0.250 e. The highest BCUT2D eigenvalue weighted by Crippen LogP contribution is 2.38. The molecule has 3 aromatic carbocycles. The minimum absolute atomic E-state index is 0.193. The Bertz CT molecular complexity index is 1110. The van der Waals surface area contributed by atoms with Crippen molar-refractivity contribution in [2.24, 2.45) is 0 Å². The minimum Gasteiger partial charge on any atom is -0.544 e. The zero-order valence-electron chi connectivity index (χ0n) is 18.0. The van der Waals surface area contributed by atoms with Gasteiger partial charge in [-0.3, -0.25) is 0 Å². The van der Waals surface area contributed by atoms with Crippen LogP contribution in [0.1, 0.15) is 43.0 Å². The summed E-state index contributed by atoms with van der Waals surface area (Å²) in [5.41, 5.74) is 7.56. The van der Waals surface area contributed by atoms with Crippen LogP contribution >= 0.6 is 0 Å². The topological polar surface area (TPSA) is 9.23 Å². The van der Waals surface area contributed by atoms with Crippen LogP contribution in [0.5, 0.6) is 5.75 Å². The number of rotatable bonds is 2. The fraction of sp³-hybridized carbons (Fsp3) is 0.259. The maximum absolute atomic E-state index is 6.36. The van der Waals surface area contributed by atoms with Gasteiger partial charge in [-0.25, -0.2) is 0 Å². The minimum atomic E-state index is -1.81. The summed E-state index contributed by atoms with van der Waals surface area (Å²) >= 11 is 0. The SMILES string of the molecule is CC(C)(C)[Si](C)(C)Oc1ccc(C#Cc2ccc3c(c2)Cc2ccccc2-3)cc1. The molecule has 0 aliphatic heterocycles. The normalized spacial score (nSPS) is 12.6. The first-order chi connectivity index (χ1) is 13.7. The second kappa shape index (κ2) is 7.24. The summed E-state index contributed by atoms with van der Waals surface area (Å²) in [4.78, 5) is 0. The van der Waals surface area contributed by atoms with Crippen molar-refractivity contribution in [1.82, 2.24) is 0 Å². The second-order valence-corrected chi connectivity index (χ2v) is 14.1. The van der Waals surface area contributed by atoms with Crippen molar-refractivity contribution < 1.29 is 4.43 Å². The largest absolute Gasteiger partial charge is 0.544 e. The average molecular weight is 397 g/mol. The number of benzene rings is 3. The van der Waals surface area contributed by atoms with Gasteiger partial charge in [-0.2, -0.15) is 0 Å². The van der Waals surface area contributed by atoms with Crippen LogP contribution in [-0.2, 0) is 6.42 Å². The molecule has 29 heavy (non-hydrogen) atoms. The molecule has 0 spiro atoms. The molecule has 2 heteroatoms. The molecule has 3 aromatic rings. The molecule has 0 fully saturated rings. The van der Waals surface area contributed by atoms with E-state index >= 15 is 0 Å². The fourth-order valence-corrected chi connectivity index (χ4v) is 4.45. The van der Waals surface area contributed by atoms with E-state index < -0.39 is 8.32 Å². The number of hydrogen-bond donors (Lipinski definition) is 0. The molecule has 0 saturated heterocycles. The van der Waals surface area contributed by atoms with Gasteiger partial charge in [0.1, 0.15) is 5.75 Å². The average Bonchev–Trinajstić information content (AvgIpc) is 3.04. The highest BCUT2D eigenvalue weighted by atomic mass is 28.4. The first kappa shape index (κ1) is 19.5. The Morgan fingerprint density at radius 2 is 1.38 bits per heavy atom. The quantitative estimate of drug-likeness (QED) is 0.261. The molecule has 146 valence electrons. The first-order valence-electron chi connectivity index (χ1n) is 10.3. The fourth-order valence-electron chi connectivity index (χ4n) is 3.42. The van der Waals surface area contributed by atoms with Crippen LogP contribution in [0.2, 0.25) is 18.1 Å². The van der Waals surface area contributed by atoms with E-state index in [0.29, 0.717) is 0 Å². The van der Waals surface area contributed by atoms with E-state index in [2.05, 4.69) is 100 Å². The van der Waals surface area contributed by atoms with Gasteiger partial charge in [0.25, 0.3) is 0 Å². The van der Waals surface area contributed by atoms with Crippen LogP contribution in [0.3, 0.4) is 0 Å². The Morgan fingerprint density at radius 1 is 0.759 bits per heavy atom. The zero-order chi connectivity index (χ0) is 20.6. The van der Waals surface area contributed by atoms with Gasteiger partial charge in [-0.05, 0) is 83.2 Å². The molecule has 4 rings (SSSR count). The molecule has 0 aromatic heterocycles. The van der Waals surface area contributed by atoms with Crippen molar-refractivity contribution in [3.8, 4) is 28.7 Å². The standard InChI is InChI=1S/C27H28OSi/c1-27(2,3)29(4,5)28-24-15-12-20(13-16-24)10-11-21-14-17-26-23(18-21)19-22-8-6-7-9-25(22)26/h6-9,12-18H,19H2,1-5H3. The predicted molar refractivity (Wildman–Crippen MR) is 125 cm³/mol. The second-order valence-electron chi connectivity index (χ2n) is 9.34. The van der Waals surface area contributed by atoms with Crippen LogP contribution in [0.4, 0.5) is 0 Å². The molecule has 0 N–H and O–H groups in total.